The minimum atomic E-state index is -4.48. The van der Waals surface area contributed by atoms with Crippen LogP contribution in [0.1, 0.15) is 6.92 Å². The van der Waals surface area contributed by atoms with Crippen LogP contribution in [0, 0.1) is 0 Å². The molecule has 0 saturated heterocycles. The fourth-order valence-electron chi connectivity index (χ4n) is 2.35. The predicted octanol–water partition coefficient (Wildman–Crippen LogP) is 6.16. The molecule has 9 heteroatoms. The molecule has 0 atom stereocenters. The molecule has 0 amide bonds. The van der Waals surface area contributed by atoms with Crippen LogP contribution in [-0.4, -0.2) is 19.6 Å². The van der Waals surface area contributed by atoms with E-state index in [1.807, 2.05) is 30.3 Å². The first kappa shape index (κ1) is 20.3. The van der Waals surface area contributed by atoms with Crippen molar-refractivity contribution in [3.63, 3.8) is 0 Å². The topological polar surface area (TPSA) is 113 Å². The van der Waals surface area contributed by atoms with E-state index in [1.165, 1.54) is 12.1 Å². The Labute approximate surface area is 168 Å². The van der Waals surface area contributed by atoms with Gasteiger partial charge in [0, 0.05) is 6.07 Å². The highest BCUT2D eigenvalue weighted by atomic mass is 32.2. The first-order valence-electron chi connectivity index (χ1n) is 8.68. The SMILES string of the molecule is CCOc1ccc(/N=N/c2ccc(/N=N/c3ccccc3)cc2)c(S(=O)(=O)O)c1. The summed E-state index contributed by atoms with van der Waals surface area (Å²) in [4.78, 5) is -0.375. The number of nitrogens with zero attached hydrogens (tertiary/aromatic N) is 4. The van der Waals surface area contributed by atoms with Crippen LogP contribution >= 0.6 is 0 Å². The van der Waals surface area contributed by atoms with Gasteiger partial charge in [0.2, 0.25) is 0 Å². The zero-order valence-corrected chi connectivity index (χ0v) is 16.3. The summed E-state index contributed by atoms with van der Waals surface area (Å²) < 4.78 is 38.0. The lowest BCUT2D eigenvalue weighted by Gasteiger charge is -2.06. The first-order chi connectivity index (χ1) is 14.0. The van der Waals surface area contributed by atoms with Crippen molar-refractivity contribution in [3.05, 3.63) is 72.8 Å². The Bertz CT molecular complexity index is 1130. The first-order valence-corrected chi connectivity index (χ1v) is 10.1. The molecule has 3 aromatic carbocycles. The van der Waals surface area contributed by atoms with Crippen LogP contribution in [0.3, 0.4) is 0 Å². The molecule has 0 heterocycles. The molecule has 0 fully saturated rings. The van der Waals surface area contributed by atoms with E-state index in [-0.39, 0.29) is 10.6 Å². The average molecular weight is 410 g/mol. The van der Waals surface area contributed by atoms with Gasteiger partial charge in [0.25, 0.3) is 10.1 Å². The second-order valence-corrected chi connectivity index (χ2v) is 7.18. The fourth-order valence-corrected chi connectivity index (χ4v) is 2.99. The van der Waals surface area contributed by atoms with Gasteiger partial charge < -0.3 is 4.74 Å². The average Bonchev–Trinajstić information content (AvgIpc) is 2.72. The molecule has 3 rings (SSSR count). The number of azo groups is 2. The van der Waals surface area contributed by atoms with Crippen LogP contribution < -0.4 is 4.74 Å². The van der Waals surface area contributed by atoms with Crippen LogP contribution in [-0.2, 0) is 10.1 Å². The van der Waals surface area contributed by atoms with E-state index < -0.39 is 10.1 Å². The zero-order valence-electron chi connectivity index (χ0n) is 15.5. The Balaban J connectivity index is 1.79. The van der Waals surface area contributed by atoms with Crippen LogP contribution in [0.15, 0.2) is 98.1 Å². The second kappa shape index (κ2) is 9.18. The van der Waals surface area contributed by atoms with Gasteiger partial charge in [0.1, 0.15) is 16.3 Å². The van der Waals surface area contributed by atoms with Crippen molar-refractivity contribution in [1.82, 2.24) is 0 Å². The largest absolute Gasteiger partial charge is 0.494 e. The van der Waals surface area contributed by atoms with E-state index in [1.54, 1.807) is 37.3 Å². The third-order valence-corrected chi connectivity index (χ3v) is 4.56. The lowest BCUT2D eigenvalue weighted by atomic mass is 10.3. The molecule has 8 nitrogen and oxygen atoms in total. The molecule has 29 heavy (non-hydrogen) atoms. The van der Waals surface area contributed by atoms with E-state index in [9.17, 15) is 13.0 Å². The molecule has 0 spiro atoms. The molecule has 0 bridgehead atoms. The molecule has 0 aliphatic rings. The number of hydrogen-bond acceptors (Lipinski definition) is 7. The van der Waals surface area contributed by atoms with Gasteiger partial charge in [0.05, 0.1) is 23.7 Å². The highest BCUT2D eigenvalue weighted by Gasteiger charge is 2.17. The summed E-state index contributed by atoms with van der Waals surface area (Å²) in [5.41, 5.74) is 1.86. The van der Waals surface area contributed by atoms with Gasteiger partial charge >= 0.3 is 0 Å². The summed E-state index contributed by atoms with van der Waals surface area (Å²) in [6, 6.07) is 20.3. The molecule has 148 valence electrons. The Morgan fingerprint density at radius 1 is 0.793 bits per heavy atom. The monoisotopic (exact) mass is 410 g/mol. The molecule has 0 aliphatic heterocycles. The highest BCUT2D eigenvalue weighted by Crippen LogP contribution is 2.30. The molecule has 0 aliphatic carbocycles. The lowest BCUT2D eigenvalue weighted by Crippen LogP contribution is -2.00. The maximum absolute atomic E-state index is 11.6. The van der Waals surface area contributed by atoms with Crippen molar-refractivity contribution < 1.29 is 17.7 Å². The predicted molar refractivity (Wildman–Crippen MR) is 109 cm³/mol. The second-order valence-electron chi connectivity index (χ2n) is 5.79. The van der Waals surface area contributed by atoms with E-state index in [4.69, 9.17) is 4.74 Å². The van der Waals surface area contributed by atoms with Crippen LogP contribution in [0.5, 0.6) is 5.75 Å². The van der Waals surface area contributed by atoms with Crippen molar-refractivity contribution in [1.29, 1.82) is 0 Å². The maximum atomic E-state index is 11.6. The van der Waals surface area contributed by atoms with Crippen molar-refractivity contribution in [2.45, 2.75) is 11.8 Å². The summed E-state index contributed by atoms with van der Waals surface area (Å²) in [6.07, 6.45) is 0. The summed E-state index contributed by atoms with van der Waals surface area (Å²) >= 11 is 0. The standard InChI is InChI=1S/C20H18N4O4S/c1-2-28-18-12-13-19(20(14-18)29(25,26)27)24-23-17-10-8-16(9-11-17)22-21-15-6-4-3-5-7-15/h3-14H,2H2,1H3,(H,25,26,27)/b22-21+,24-23+. The lowest BCUT2D eigenvalue weighted by molar-refractivity contribution is 0.339. The van der Waals surface area contributed by atoms with Gasteiger partial charge in [-0.2, -0.15) is 23.8 Å². The van der Waals surface area contributed by atoms with Crippen LogP contribution in [0.2, 0.25) is 0 Å². The third-order valence-electron chi connectivity index (χ3n) is 3.68. The van der Waals surface area contributed by atoms with Crippen LogP contribution in [0.4, 0.5) is 22.7 Å². The normalized spacial score (nSPS) is 11.9. The molecular weight excluding hydrogens is 392 g/mol. The third kappa shape index (κ3) is 5.77. The minimum Gasteiger partial charge on any atom is -0.494 e. The van der Waals surface area contributed by atoms with E-state index >= 15 is 0 Å². The van der Waals surface area contributed by atoms with Gasteiger partial charge in [-0.05, 0) is 55.5 Å². The molecule has 0 saturated carbocycles. The molecule has 1 N–H and O–H groups in total. The summed E-state index contributed by atoms with van der Waals surface area (Å²) in [5, 5.41) is 16.2. The molecular formula is C20H18N4O4S. The van der Waals surface area contributed by atoms with E-state index in [0.29, 0.717) is 23.7 Å². The molecule has 0 unspecified atom stereocenters. The van der Waals surface area contributed by atoms with E-state index in [2.05, 4.69) is 20.5 Å². The van der Waals surface area contributed by atoms with Crippen LogP contribution in [0.25, 0.3) is 0 Å². The smallest absolute Gasteiger partial charge is 0.296 e. The number of benzene rings is 3. The Morgan fingerprint density at radius 3 is 1.90 bits per heavy atom. The van der Waals surface area contributed by atoms with Gasteiger partial charge in [-0.25, -0.2) is 0 Å². The quantitative estimate of drug-likeness (QED) is 0.371. The van der Waals surface area contributed by atoms with Crippen molar-refractivity contribution >= 4 is 32.9 Å². The summed E-state index contributed by atoms with van der Waals surface area (Å²) in [7, 11) is -4.48. The highest BCUT2D eigenvalue weighted by molar-refractivity contribution is 7.86. The summed E-state index contributed by atoms with van der Waals surface area (Å²) in [6.45, 7) is 2.13. The molecule has 3 aromatic rings. The van der Waals surface area contributed by atoms with E-state index in [0.717, 1.165) is 5.69 Å². The number of hydrogen-bond donors (Lipinski definition) is 1. The van der Waals surface area contributed by atoms with Crippen molar-refractivity contribution in [2.75, 3.05) is 6.61 Å². The number of rotatable bonds is 7. The maximum Gasteiger partial charge on any atom is 0.296 e. The van der Waals surface area contributed by atoms with Crippen molar-refractivity contribution in [2.24, 2.45) is 20.5 Å². The van der Waals surface area contributed by atoms with Gasteiger partial charge in [-0.1, -0.05) is 18.2 Å². The van der Waals surface area contributed by atoms with Crippen molar-refractivity contribution in [3.8, 4) is 5.75 Å². The fraction of sp³-hybridized carbons (Fsp3) is 0.100. The number of ether oxygens (including phenoxy) is 1. The Hall–Kier alpha value is -3.43. The van der Waals surface area contributed by atoms with Gasteiger partial charge in [-0.3, -0.25) is 4.55 Å². The minimum absolute atomic E-state index is 0.00351. The van der Waals surface area contributed by atoms with Gasteiger partial charge in [0.15, 0.2) is 0 Å². The van der Waals surface area contributed by atoms with Gasteiger partial charge in [-0.15, -0.1) is 5.11 Å². The summed E-state index contributed by atoms with van der Waals surface area (Å²) in [5.74, 6) is 0.312. The zero-order chi connectivity index (χ0) is 20.7. The Kier molecular flexibility index (Phi) is 6.43. The molecule has 0 aromatic heterocycles. The Morgan fingerprint density at radius 2 is 1.34 bits per heavy atom. The molecule has 0 radical (unpaired) electrons.